The second-order valence-electron chi connectivity index (χ2n) is 4.59. The van der Waals surface area contributed by atoms with E-state index in [0.717, 1.165) is 5.01 Å². The van der Waals surface area contributed by atoms with Gasteiger partial charge in [0.2, 0.25) is 24.2 Å². The van der Waals surface area contributed by atoms with Crippen molar-refractivity contribution in [3.05, 3.63) is 0 Å². The third kappa shape index (κ3) is 6.11. The average molecular weight is 294 g/mol. The first-order chi connectivity index (χ1) is 9.88. The number of nitriles is 2. The van der Waals surface area contributed by atoms with Crippen LogP contribution in [0.2, 0.25) is 0 Å². The predicted molar refractivity (Wildman–Crippen MR) is 75.4 cm³/mol. The van der Waals surface area contributed by atoms with E-state index in [4.69, 9.17) is 10.5 Å². The zero-order valence-electron chi connectivity index (χ0n) is 13.0. The van der Waals surface area contributed by atoms with Crippen LogP contribution in [0.15, 0.2) is 0 Å². The second kappa shape index (κ2) is 9.56. The molecule has 8 nitrogen and oxygen atoms in total. The van der Waals surface area contributed by atoms with Crippen LogP contribution < -0.4 is 0 Å². The summed E-state index contributed by atoms with van der Waals surface area (Å²) in [6.45, 7) is 1.94. The summed E-state index contributed by atoms with van der Waals surface area (Å²) in [4.78, 5) is 23.6. The summed E-state index contributed by atoms with van der Waals surface area (Å²) in [5.41, 5.74) is 0. The molecule has 0 N–H and O–H groups in total. The molecule has 0 saturated carbocycles. The number of unbranched alkanes of at least 4 members (excludes halogenated alkanes) is 1. The third-order valence-corrected chi connectivity index (χ3v) is 3.01. The summed E-state index contributed by atoms with van der Waals surface area (Å²) < 4.78 is 0. The molecule has 0 aliphatic heterocycles. The summed E-state index contributed by atoms with van der Waals surface area (Å²) in [6.07, 6.45) is 4.94. The van der Waals surface area contributed by atoms with Gasteiger partial charge in [0.1, 0.15) is 0 Å². The van der Waals surface area contributed by atoms with E-state index < -0.39 is 0 Å². The van der Waals surface area contributed by atoms with E-state index in [0.29, 0.717) is 24.3 Å². The van der Waals surface area contributed by atoms with E-state index in [9.17, 15) is 9.59 Å². The highest BCUT2D eigenvalue weighted by atomic mass is 16.2. The van der Waals surface area contributed by atoms with Crippen molar-refractivity contribution in [2.75, 3.05) is 27.7 Å². The van der Waals surface area contributed by atoms with Gasteiger partial charge in [-0.05, 0) is 19.8 Å². The van der Waals surface area contributed by atoms with Crippen LogP contribution in [0.3, 0.4) is 0 Å². The molecule has 0 heterocycles. The first-order valence-electron chi connectivity index (χ1n) is 6.72. The Bertz CT molecular complexity index is 423. The van der Waals surface area contributed by atoms with Crippen molar-refractivity contribution in [1.82, 2.24) is 20.0 Å². The third-order valence-electron chi connectivity index (χ3n) is 3.01. The largest absolute Gasteiger partial charge is 0.279 e. The van der Waals surface area contributed by atoms with Crippen LogP contribution in [0.25, 0.3) is 0 Å². The number of hydrogen-bond donors (Lipinski definition) is 0. The molecule has 0 aliphatic carbocycles. The molecule has 0 spiro atoms. The molecule has 0 saturated heterocycles. The molecular weight excluding hydrogens is 272 g/mol. The van der Waals surface area contributed by atoms with Gasteiger partial charge in [-0.15, -0.1) is 5.01 Å². The molecular formula is C13H22N6O2. The standard InChI is InChI=1S/C13H22N6O2/c1-5-19(18(10-14)11-15)13(21)9-7-6-8-12(20)17(4)16(2)3/h5-9H2,1-4H3. The van der Waals surface area contributed by atoms with Crippen LogP contribution in [-0.2, 0) is 9.59 Å². The van der Waals surface area contributed by atoms with Gasteiger partial charge in [-0.25, -0.2) is 10.0 Å². The lowest BCUT2D eigenvalue weighted by molar-refractivity contribution is -0.143. The molecule has 0 rings (SSSR count). The zero-order chi connectivity index (χ0) is 16.4. The molecule has 0 bridgehead atoms. The average Bonchev–Trinajstić information content (AvgIpc) is 2.47. The van der Waals surface area contributed by atoms with E-state index in [-0.39, 0.29) is 24.8 Å². The van der Waals surface area contributed by atoms with Crippen molar-refractivity contribution in [1.29, 1.82) is 10.5 Å². The molecule has 0 aliphatic rings. The van der Waals surface area contributed by atoms with E-state index in [1.807, 2.05) is 0 Å². The van der Waals surface area contributed by atoms with Crippen LogP contribution in [0, 0.1) is 22.9 Å². The number of carbonyl (C=O) groups is 2. The van der Waals surface area contributed by atoms with Gasteiger partial charge in [0.15, 0.2) is 0 Å². The highest BCUT2D eigenvalue weighted by Crippen LogP contribution is 2.07. The minimum atomic E-state index is -0.297. The van der Waals surface area contributed by atoms with Gasteiger partial charge in [0.05, 0.1) is 0 Å². The second-order valence-corrected chi connectivity index (χ2v) is 4.59. The summed E-state index contributed by atoms with van der Waals surface area (Å²) in [5.74, 6) is -0.315. The van der Waals surface area contributed by atoms with Crippen molar-refractivity contribution >= 4 is 11.8 Å². The molecule has 0 aromatic rings. The summed E-state index contributed by atoms with van der Waals surface area (Å²) in [5, 5.41) is 22.4. The number of rotatable bonds is 8. The lowest BCUT2D eigenvalue weighted by Gasteiger charge is -2.24. The number of carbonyl (C=O) groups excluding carboxylic acids is 2. The number of hydrogen-bond acceptors (Lipinski definition) is 6. The molecule has 21 heavy (non-hydrogen) atoms. The Kier molecular flexibility index (Phi) is 8.51. The Morgan fingerprint density at radius 2 is 1.43 bits per heavy atom. The monoisotopic (exact) mass is 294 g/mol. The number of hydrazine groups is 2. The molecule has 8 heteroatoms. The quantitative estimate of drug-likeness (QED) is 0.280. The van der Waals surface area contributed by atoms with Gasteiger partial charge in [0.25, 0.3) is 0 Å². The molecule has 0 unspecified atom stereocenters. The zero-order valence-corrected chi connectivity index (χ0v) is 13.0. The Morgan fingerprint density at radius 1 is 0.952 bits per heavy atom. The summed E-state index contributed by atoms with van der Waals surface area (Å²) >= 11 is 0. The summed E-state index contributed by atoms with van der Waals surface area (Å²) in [7, 11) is 5.24. The number of amides is 2. The van der Waals surface area contributed by atoms with Crippen LogP contribution in [0.4, 0.5) is 0 Å². The van der Waals surface area contributed by atoms with Crippen molar-refractivity contribution < 1.29 is 9.59 Å². The molecule has 0 fully saturated rings. The smallest absolute Gasteiger partial charge is 0.242 e. The fourth-order valence-corrected chi connectivity index (χ4v) is 1.63. The molecule has 0 aromatic heterocycles. The minimum absolute atomic E-state index is 0.0181. The minimum Gasteiger partial charge on any atom is -0.279 e. The number of nitrogens with zero attached hydrogens (tertiary/aromatic N) is 6. The van der Waals surface area contributed by atoms with Gasteiger partial charge in [-0.3, -0.25) is 14.6 Å². The Labute approximate surface area is 125 Å². The molecule has 116 valence electrons. The highest BCUT2D eigenvalue weighted by molar-refractivity contribution is 5.76. The van der Waals surface area contributed by atoms with Crippen molar-refractivity contribution in [2.24, 2.45) is 0 Å². The van der Waals surface area contributed by atoms with Gasteiger partial charge >= 0.3 is 0 Å². The fourth-order valence-electron chi connectivity index (χ4n) is 1.63. The van der Waals surface area contributed by atoms with Gasteiger partial charge in [-0.1, -0.05) is 0 Å². The Balaban J connectivity index is 4.18. The first kappa shape index (κ1) is 18.7. The highest BCUT2D eigenvalue weighted by Gasteiger charge is 2.18. The molecule has 0 aromatic carbocycles. The van der Waals surface area contributed by atoms with E-state index in [1.165, 1.54) is 5.01 Å². The van der Waals surface area contributed by atoms with Crippen molar-refractivity contribution in [3.63, 3.8) is 0 Å². The predicted octanol–water partition coefficient (Wildman–Crippen LogP) is 0.509. The normalized spacial score (nSPS) is 9.67. The fraction of sp³-hybridized carbons (Fsp3) is 0.692. The maximum absolute atomic E-state index is 11.9. The molecule has 0 atom stereocenters. The maximum Gasteiger partial charge on any atom is 0.242 e. The van der Waals surface area contributed by atoms with E-state index in [2.05, 4.69) is 0 Å². The molecule has 0 radical (unpaired) electrons. The Hall–Kier alpha value is -2.32. The lowest BCUT2D eigenvalue weighted by atomic mass is 10.1. The van der Waals surface area contributed by atoms with Crippen molar-refractivity contribution in [3.8, 4) is 12.4 Å². The van der Waals surface area contributed by atoms with Crippen LogP contribution in [0.1, 0.15) is 32.6 Å². The van der Waals surface area contributed by atoms with Crippen LogP contribution in [-0.4, -0.2) is 59.5 Å². The SMILES string of the molecule is CCN(C(=O)CCCCC(=O)N(C)N(C)C)N(C#N)C#N. The topological polar surface area (TPSA) is 94.7 Å². The van der Waals surface area contributed by atoms with Crippen molar-refractivity contribution in [2.45, 2.75) is 32.6 Å². The van der Waals surface area contributed by atoms with Gasteiger partial charge in [0, 0.05) is 40.5 Å². The van der Waals surface area contributed by atoms with Gasteiger partial charge in [-0.2, -0.15) is 10.5 Å². The van der Waals surface area contributed by atoms with Crippen LogP contribution in [0.5, 0.6) is 0 Å². The Morgan fingerprint density at radius 3 is 1.81 bits per heavy atom. The van der Waals surface area contributed by atoms with E-state index >= 15 is 0 Å². The van der Waals surface area contributed by atoms with Gasteiger partial charge < -0.3 is 0 Å². The summed E-state index contributed by atoms with van der Waals surface area (Å²) in [6, 6.07) is 0. The lowest BCUT2D eigenvalue weighted by Crippen LogP contribution is -2.41. The maximum atomic E-state index is 11.9. The molecule has 2 amide bonds. The van der Waals surface area contributed by atoms with Crippen LogP contribution >= 0.6 is 0 Å². The first-order valence-corrected chi connectivity index (χ1v) is 6.72. The van der Waals surface area contributed by atoms with E-state index in [1.54, 1.807) is 45.5 Å².